The number of benzene rings is 1. The molecule has 1 N–H and O–H groups in total. The molecule has 0 aliphatic rings. The molecule has 0 spiro atoms. The quantitative estimate of drug-likeness (QED) is 0.730. The third-order valence-corrected chi connectivity index (χ3v) is 3.73. The Bertz CT molecular complexity index is 682. The molecule has 0 bridgehead atoms. The normalized spacial score (nSPS) is 10.4. The number of amides is 1. The van der Waals surface area contributed by atoms with Gasteiger partial charge in [0.25, 0.3) is 5.91 Å². The minimum Gasteiger partial charge on any atom is -0.492 e. The van der Waals surface area contributed by atoms with E-state index >= 15 is 0 Å². The van der Waals surface area contributed by atoms with Gasteiger partial charge in [-0.3, -0.25) is 9.78 Å². The van der Waals surface area contributed by atoms with Crippen molar-refractivity contribution in [3.8, 4) is 5.75 Å². The van der Waals surface area contributed by atoms with Crippen molar-refractivity contribution in [3.05, 3.63) is 48.3 Å². The number of nitrogens with zero attached hydrogens (tertiary/aromatic N) is 2. The van der Waals surface area contributed by atoms with Crippen LogP contribution in [-0.2, 0) is 0 Å². The Morgan fingerprint density at radius 1 is 1.12 bits per heavy atom. The van der Waals surface area contributed by atoms with Crippen LogP contribution in [0.4, 0.5) is 11.4 Å². The Hall–Kier alpha value is -2.56. The third kappa shape index (κ3) is 5.21. The number of para-hydroxylation sites is 2. The summed E-state index contributed by atoms with van der Waals surface area (Å²) in [5, 5.41) is 3.30. The highest BCUT2D eigenvalue weighted by Gasteiger charge is 2.15. The number of pyridine rings is 1. The van der Waals surface area contributed by atoms with Gasteiger partial charge in [0, 0.05) is 19.3 Å². The molecule has 2 rings (SSSR count). The fraction of sp³-hybridized carbons (Fsp3) is 0.400. The maximum Gasteiger partial charge on any atom is 0.255 e. The lowest BCUT2D eigenvalue weighted by Gasteiger charge is -2.21. The van der Waals surface area contributed by atoms with E-state index < -0.39 is 0 Å². The Kier molecular flexibility index (Phi) is 7.26. The van der Waals surface area contributed by atoms with E-state index in [0.29, 0.717) is 12.2 Å². The van der Waals surface area contributed by atoms with E-state index in [4.69, 9.17) is 4.74 Å². The number of aromatic nitrogens is 1. The van der Waals surface area contributed by atoms with Gasteiger partial charge in [-0.1, -0.05) is 26.0 Å². The van der Waals surface area contributed by atoms with Crippen molar-refractivity contribution in [1.29, 1.82) is 0 Å². The topological polar surface area (TPSA) is 54.5 Å². The van der Waals surface area contributed by atoms with Crippen LogP contribution < -0.4 is 10.1 Å². The summed E-state index contributed by atoms with van der Waals surface area (Å²) < 4.78 is 5.63. The zero-order chi connectivity index (χ0) is 18.1. The Balaban J connectivity index is 2.20. The first-order chi connectivity index (χ1) is 12.2. The minimum absolute atomic E-state index is 0.0259. The summed E-state index contributed by atoms with van der Waals surface area (Å²) in [6.07, 6.45) is 5.22. The second-order valence-electron chi connectivity index (χ2n) is 5.81. The molecular weight excluding hydrogens is 314 g/mol. The van der Waals surface area contributed by atoms with Gasteiger partial charge >= 0.3 is 0 Å². The molecule has 5 heteroatoms. The first-order valence-electron chi connectivity index (χ1n) is 8.92. The minimum atomic E-state index is 0.0259. The van der Waals surface area contributed by atoms with Crippen molar-refractivity contribution in [2.24, 2.45) is 0 Å². The molecule has 0 saturated carbocycles. The number of nitrogens with one attached hydrogen (secondary N) is 1. The molecule has 0 aliphatic heterocycles. The molecule has 1 aromatic heterocycles. The number of rotatable bonds is 9. The van der Waals surface area contributed by atoms with Crippen molar-refractivity contribution >= 4 is 17.3 Å². The summed E-state index contributed by atoms with van der Waals surface area (Å²) in [4.78, 5) is 18.8. The van der Waals surface area contributed by atoms with Crippen molar-refractivity contribution in [3.63, 3.8) is 0 Å². The molecule has 0 radical (unpaired) electrons. The lowest BCUT2D eigenvalue weighted by atomic mass is 10.2. The smallest absolute Gasteiger partial charge is 0.255 e. The third-order valence-electron chi connectivity index (χ3n) is 3.73. The zero-order valence-electron chi connectivity index (χ0n) is 15.3. The van der Waals surface area contributed by atoms with Gasteiger partial charge in [0.05, 0.1) is 29.7 Å². The SMILES string of the molecule is CCCN(CCC)C(=O)c1cncc(Nc2ccccc2OCC)c1. The molecule has 0 saturated heterocycles. The monoisotopic (exact) mass is 341 g/mol. The highest BCUT2D eigenvalue weighted by Crippen LogP contribution is 2.27. The van der Waals surface area contributed by atoms with Gasteiger partial charge in [-0.15, -0.1) is 0 Å². The number of hydrogen-bond donors (Lipinski definition) is 1. The molecule has 5 nitrogen and oxygen atoms in total. The molecular formula is C20H27N3O2. The fourth-order valence-corrected chi connectivity index (χ4v) is 2.67. The maximum atomic E-state index is 12.7. The van der Waals surface area contributed by atoms with E-state index in [1.54, 1.807) is 12.4 Å². The summed E-state index contributed by atoms with van der Waals surface area (Å²) in [6, 6.07) is 9.58. The van der Waals surface area contributed by atoms with Crippen molar-refractivity contribution in [2.45, 2.75) is 33.6 Å². The summed E-state index contributed by atoms with van der Waals surface area (Å²) in [6.45, 7) is 8.23. The predicted octanol–water partition coefficient (Wildman–Crippen LogP) is 4.49. The largest absolute Gasteiger partial charge is 0.492 e. The van der Waals surface area contributed by atoms with Crippen LogP contribution in [0.25, 0.3) is 0 Å². The Morgan fingerprint density at radius 2 is 1.84 bits per heavy atom. The first-order valence-corrected chi connectivity index (χ1v) is 8.92. The number of carbonyl (C=O) groups is 1. The fourth-order valence-electron chi connectivity index (χ4n) is 2.67. The number of ether oxygens (including phenoxy) is 1. The van der Waals surface area contributed by atoms with Crippen LogP contribution in [0.3, 0.4) is 0 Å². The highest BCUT2D eigenvalue weighted by atomic mass is 16.5. The first kappa shape index (κ1) is 18.8. The molecule has 0 atom stereocenters. The number of hydrogen-bond acceptors (Lipinski definition) is 4. The van der Waals surface area contributed by atoms with Crippen LogP contribution in [0.1, 0.15) is 44.0 Å². The van der Waals surface area contributed by atoms with Gasteiger partial charge in [-0.05, 0) is 38.0 Å². The lowest BCUT2D eigenvalue weighted by Crippen LogP contribution is -2.32. The molecule has 1 amide bonds. The predicted molar refractivity (Wildman–Crippen MR) is 102 cm³/mol. The van der Waals surface area contributed by atoms with Gasteiger partial charge in [0.2, 0.25) is 0 Å². The second kappa shape index (κ2) is 9.67. The molecule has 0 unspecified atom stereocenters. The second-order valence-corrected chi connectivity index (χ2v) is 5.81. The van der Waals surface area contributed by atoms with E-state index in [-0.39, 0.29) is 5.91 Å². The van der Waals surface area contributed by atoms with Crippen molar-refractivity contribution < 1.29 is 9.53 Å². The number of anilines is 2. The maximum absolute atomic E-state index is 12.7. The number of carbonyl (C=O) groups excluding carboxylic acids is 1. The van der Waals surface area contributed by atoms with Crippen LogP contribution in [0.5, 0.6) is 5.75 Å². The molecule has 1 aromatic carbocycles. The summed E-state index contributed by atoms with van der Waals surface area (Å²) in [5.41, 5.74) is 2.22. The van der Waals surface area contributed by atoms with E-state index in [1.807, 2.05) is 42.2 Å². The van der Waals surface area contributed by atoms with Crippen LogP contribution >= 0.6 is 0 Å². The van der Waals surface area contributed by atoms with Gasteiger partial charge < -0.3 is 15.0 Å². The van der Waals surface area contributed by atoms with E-state index in [1.165, 1.54) is 0 Å². The zero-order valence-corrected chi connectivity index (χ0v) is 15.3. The average Bonchev–Trinajstić information content (AvgIpc) is 2.63. The van der Waals surface area contributed by atoms with E-state index in [0.717, 1.165) is 43.1 Å². The molecule has 25 heavy (non-hydrogen) atoms. The molecule has 2 aromatic rings. The standard InChI is InChI=1S/C20H27N3O2/c1-4-11-23(12-5-2)20(24)16-13-17(15-21-14-16)22-18-9-7-8-10-19(18)25-6-3/h7-10,13-15,22H,4-6,11-12H2,1-3H3. The molecule has 0 aliphatic carbocycles. The highest BCUT2D eigenvalue weighted by molar-refractivity contribution is 5.95. The van der Waals surface area contributed by atoms with Crippen LogP contribution in [0.2, 0.25) is 0 Å². The summed E-state index contributed by atoms with van der Waals surface area (Å²) in [5.74, 6) is 0.804. The molecule has 1 heterocycles. The summed E-state index contributed by atoms with van der Waals surface area (Å²) >= 11 is 0. The Labute approximate surface area is 150 Å². The van der Waals surface area contributed by atoms with Crippen molar-refractivity contribution in [1.82, 2.24) is 9.88 Å². The molecule has 0 fully saturated rings. The Morgan fingerprint density at radius 3 is 2.52 bits per heavy atom. The van der Waals surface area contributed by atoms with Crippen molar-refractivity contribution in [2.75, 3.05) is 25.0 Å². The van der Waals surface area contributed by atoms with Crippen LogP contribution in [0.15, 0.2) is 42.7 Å². The van der Waals surface area contributed by atoms with Crippen LogP contribution in [-0.4, -0.2) is 35.5 Å². The van der Waals surface area contributed by atoms with E-state index in [9.17, 15) is 4.79 Å². The van der Waals surface area contributed by atoms with E-state index in [2.05, 4.69) is 24.1 Å². The molecule has 134 valence electrons. The van der Waals surface area contributed by atoms with Gasteiger partial charge in [0.15, 0.2) is 0 Å². The lowest BCUT2D eigenvalue weighted by molar-refractivity contribution is 0.0755. The van der Waals surface area contributed by atoms with Crippen LogP contribution in [0, 0.1) is 0 Å². The van der Waals surface area contributed by atoms with Gasteiger partial charge in [-0.2, -0.15) is 0 Å². The van der Waals surface area contributed by atoms with Gasteiger partial charge in [-0.25, -0.2) is 0 Å². The summed E-state index contributed by atoms with van der Waals surface area (Å²) in [7, 11) is 0. The average molecular weight is 341 g/mol. The van der Waals surface area contributed by atoms with Gasteiger partial charge in [0.1, 0.15) is 5.75 Å².